The van der Waals surface area contributed by atoms with Gasteiger partial charge in [0.25, 0.3) is 5.91 Å². The number of nitrogens with zero attached hydrogens (tertiary/aromatic N) is 2. The SMILES string of the molecule is CC(C)C(NC(=O)c1ccccc1F)C(=O)Nc1nc2c(s1)CN(Cc1ccccc1)CC2. The second kappa shape index (κ2) is 10.2. The summed E-state index contributed by atoms with van der Waals surface area (Å²) in [5, 5.41) is 6.05. The van der Waals surface area contributed by atoms with Crippen molar-refractivity contribution in [1.82, 2.24) is 15.2 Å². The monoisotopic (exact) mass is 466 g/mol. The number of halogens is 1. The highest BCUT2D eigenvalue weighted by atomic mass is 32.1. The molecule has 0 spiro atoms. The zero-order valence-electron chi connectivity index (χ0n) is 18.7. The average Bonchev–Trinajstić information content (AvgIpc) is 3.19. The third kappa shape index (κ3) is 5.64. The number of carbonyl (C=O) groups excluding carboxylic acids is 2. The highest BCUT2D eigenvalue weighted by Gasteiger charge is 2.28. The van der Waals surface area contributed by atoms with Crippen molar-refractivity contribution in [2.24, 2.45) is 5.92 Å². The minimum Gasteiger partial charge on any atom is -0.340 e. The van der Waals surface area contributed by atoms with Gasteiger partial charge < -0.3 is 10.6 Å². The first kappa shape index (κ1) is 23.1. The number of hydrogen-bond acceptors (Lipinski definition) is 5. The predicted octanol–water partition coefficient (Wildman–Crippen LogP) is 4.23. The van der Waals surface area contributed by atoms with Gasteiger partial charge >= 0.3 is 0 Å². The van der Waals surface area contributed by atoms with Crippen molar-refractivity contribution >= 4 is 28.3 Å². The molecule has 0 saturated heterocycles. The van der Waals surface area contributed by atoms with E-state index in [2.05, 4.69) is 32.7 Å². The Morgan fingerprint density at radius 1 is 1.12 bits per heavy atom. The van der Waals surface area contributed by atoms with Gasteiger partial charge in [0.1, 0.15) is 11.9 Å². The summed E-state index contributed by atoms with van der Waals surface area (Å²) in [6, 6.07) is 15.3. The lowest BCUT2D eigenvalue weighted by Crippen LogP contribution is -2.47. The van der Waals surface area contributed by atoms with Gasteiger partial charge in [0.05, 0.1) is 11.3 Å². The quantitative estimate of drug-likeness (QED) is 0.546. The van der Waals surface area contributed by atoms with Crippen LogP contribution in [0, 0.1) is 11.7 Å². The molecule has 0 bridgehead atoms. The second-order valence-corrected chi connectivity index (χ2v) is 9.58. The van der Waals surface area contributed by atoms with Crippen molar-refractivity contribution in [3.8, 4) is 0 Å². The van der Waals surface area contributed by atoms with Crippen LogP contribution in [0.2, 0.25) is 0 Å². The van der Waals surface area contributed by atoms with Gasteiger partial charge in [-0.3, -0.25) is 14.5 Å². The molecule has 1 atom stereocenters. The van der Waals surface area contributed by atoms with Gasteiger partial charge in [0, 0.05) is 30.9 Å². The molecule has 6 nitrogen and oxygen atoms in total. The maximum absolute atomic E-state index is 14.0. The van der Waals surface area contributed by atoms with Crippen LogP contribution in [-0.2, 0) is 24.3 Å². The average molecular weight is 467 g/mol. The van der Waals surface area contributed by atoms with E-state index in [1.54, 1.807) is 6.07 Å². The van der Waals surface area contributed by atoms with E-state index in [-0.39, 0.29) is 17.4 Å². The molecule has 1 aliphatic heterocycles. The van der Waals surface area contributed by atoms with Crippen LogP contribution in [0.4, 0.5) is 9.52 Å². The first-order valence-electron chi connectivity index (χ1n) is 11.0. The van der Waals surface area contributed by atoms with Crippen molar-refractivity contribution in [2.45, 2.75) is 39.4 Å². The summed E-state index contributed by atoms with van der Waals surface area (Å²) in [6.07, 6.45) is 0.826. The fourth-order valence-electron chi connectivity index (χ4n) is 3.86. The Kier molecular flexibility index (Phi) is 7.15. The number of thiazole rings is 1. The molecule has 2 aromatic carbocycles. The molecule has 2 amide bonds. The van der Waals surface area contributed by atoms with Crippen LogP contribution in [0.15, 0.2) is 54.6 Å². The molecule has 8 heteroatoms. The lowest BCUT2D eigenvalue weighted by molar-refractivity contribution is -0.118. The summed E-state index contributed by atoms with van der Waals surface area (Å²) in [4.78, 5) is 33.6. The van der Waals surface area contributed by atoms with Crippen LogP contribution in [0.5, 0.6) is 0 Å². The number of benzene rings is 2. The number of hydrogen-bond donors (Lipinski definition) is 2. The van der Waals surface area contributed by atoms with Crippen LogP contribution < -0.4 is 10.6 Å². The Hall–Kier alpha value is -3.10. The fraction of sp³-hybridized carbons (Fsp3) is 0.320. The molecule has 0 saturated carbocycles. The normalized spacial score (nSPS) is 14.5. The summed E-state index contributed by atoms with van der Waals surface area (Å²) in [7, 11) is 0. The number of amides is 2. The van der Waals surface area contributed by atoms with Crippen molar-refractivity contribution in [3.63, 3.8) is 0 Å². The molecular weight excluding hydrogens is 439 g/mol. The number of fused-ring (bicyclic) bond motifs is 1. The minimum absolute atomic E-state index is 0.0841. The second-order valence-electron chi connectivity index (χ2n) is 8.50. The highest BCUT2D eigenvalue weighted by molar-refractivity contribution is 7.15. The van der Waals surface area contributed by atoms with Gasteiger partial charge in [0.15, 0.2) is 5.13 Å². The molecule has 0 aliphatic carbocycles. The highest BCUT2D eigenvalue weighted by Crippen LogP contribution is 2.29. The molecule has 4 rings (SSSR count). The lowest BCUT2D eigenvalue weighted by atomic mass is 10.0. The van der Waals surface area contributed by atoms with Crippen molar-refractivity contribution < 1.29 is 14.0 Å². The van der Waals surface area contributed by atoms with Gasteiger partial charge in [-0.15, -0.1) is 11.3 Å². The summed E-state index contributed by atoms with van der Waals surface area (Å²) in [6.45, 7) is 6.24. The van der Waals surface area contributed by atoms with Gasteiger partial charge in [-0.1, -0.05) is 56.3 Å². The van der Waals surface area contributed by atoms with Crippen LogP contribution in [0.1, 0.15) is 40.3 Å². The predicted molar refractivity (Wildman–Crippen MR) is 127 cm³/mol. The van der Waals surface area contributed by atoms with Gasteiger partial charge in [0.2, 0.25) is 5.91 Å². The maximum Gasteiger partial charge on any atom is 0.254 e. The third-order valence-electron chi connectivity index (χ3n) is 5.64. The smallest absolute Gasteiger partial charge is 0.254 e. The van der Waals surface area contributed by atoms with Crippen molar-refractivity contribution in [1.29, 1.82) is 0 Å². The van der Waals surface area contributed by atoms with E-state index >= 15 is 0 Å². The molecule has 172 valence electrons. The summed E-state index contributed by atoms with van der Waals surface area (Å²) in [5.41, 5.74) is 2.19. The van der Waals surface area contributed by atoms with E-state index < -0.39 is 17.8 Å². The van der Waals surface area contributed by atoms with E-state index in [0.717, 1.165) is 36.6 Å². The number of carbonyl (C=O) groups is 2. The van der Waals surface area contributed by atoms with Gasteiger partial charge in [-0.2, -0.15) is 0 Å². The fourth-order valence-corrected chi connectivity index (χ4v) is 4.91. The summed E-state index contributed by atoms with van der Waals surface area (Å²) < 4.78 is 14.0. The minimum atomic E-state index is -0.812. The number of rotatable bonds is 7. The zero-order chi connectivity index (χ0) is 23.4. The van der Waals surface area contributed by atoms with Crippen LogP contribution in [0.3, 0.4) is 0 Å². The molecule has 1 unspecified atom stereocenters. The Balaban J connectivity index is 1.40. The van der Waals surface area contributed by atoms with Crippen LogP contribution in [-0.4, -0.2) is 34.3 Å². The Morgan fingerprint density at radius 3 is 2.58 bits per heavy atom. The van der Waals surface area contributed by atoms with Gasteiger partial charge in [-0.05, 0) is 23.6 Å². The van der Waals surface area contributed by atoms with E-state index in [9.17, 15) is 14.0 Å². The molecule has 0 fully saturated rings. The molecular formula is C25H27FN4O2S. The van der Waals surface area contributed by atoms with Crippen LogP contribution in [0.25, 0.3) is 0 Å². The van der Waals surface area contributed by atoms with E-state index in [4.69, 9.17) is 0 Å². The Bertz CT molecular complexity index is 1130. The standard InChI is InChI=1S/C25H27FN4O2S/c1-16(2)22(28-23(31)18-10-6-7-11-19(18)26)24(32)29-25-27-20-12-13-30(15-21(20)33-25)14-17-8-4-3-5-9-17/h3-11,16,22H,12-15H2,1-2H3,(H,28,31)(H,27,29,32). The Labute approximate surface area is 196 Å². The first-order chi connectivity index (χ1) is 15.9. The largest absolute Gasteiger partial charge is 0.340 e. The number of nitrogens with one attached hydrogen (secondary N) is 2. The molecule has 2 heterocycles. The maximum atomic E-state index is 14.0. The van der Waals surface area contributed by atoms with E-state index in [1.807, 2.05) is 32.0 Å². The summed E-state index contributed by atoms with van der Waals surface area (Å²) in [5.74, 6) is -1.78. The zero-order valence-corrected chi connectivity index (χ0v) is 19.5. The third-order valence-corrected chi connectivity index (χ3v) is 6.64. The van der Waals surface area contributed by atoms with Crippen molar-refractivity contribution in [3.05, 3.63) is 82.1 Å². The van der Waals surface area contributed by atoms with Crippen molar-refractivity contribution in [2.75, 3.05) is 11.9 Å². The number of aromatic nitrogens is 1. The van der Waals surface area contributed by atoms with E-state index in [1.165, 1.54) is 35.1 Å². The lowest BCUT2D eigenvalue weighted by Gasteiger charge is -2.25. The topological polar surface area (TPSA) is 74.3 Å². The molecule has 2 N–H and O–H groups in total. The number of anilines is 1. The van der Waals surface area contributed by atoms with Crippen LogP contribution >= 0.6 is 11.3 Å². The first-order valence-corrected chi connectivity index (χ1v) is 11.8. The molecule has 3 aromatic rings. The van der Waals surface area contributed by atoms with Gasteiger partial charge in [-0.25, -0.2) is 9.37 Å². The summed E-state index contributed by atoms with van der Waals surface area (Å²) >= 11 is 1.47. The molecule has 1 aromatic heterocycles. The molecule has 0 radical (unpaired) electrons. The van der Waals surface area contributed by atoms with E-state index in [0.29, 0.717) is 5.13 Å². The molecule has 1 aliphatic rings. The Morgan fingerprint density at radius 2 is 1.85 bits per heavy atom. The molecule has 33 heavy (non-hydrogen) atoms.